The third kappa shape index (κ3) is 8.15. The van der Waals surface area contributed by atoms with Gasteiger partial charge in [0.25, 0.3) is 0 Å². The van der Waals surface area contributed by atoms with Gasteiger partial charge < -0.3 is 14.2 Å². The van der Waals surface area contributed by atoms with Crippen LogP contribution in [-0.4, -0.2) is 37.5 Å². The molecule has 2 atom stereocenters. The third-order valence-corrected chi connectivity index (χ3v) is 7.54. The van der Waals surface area contributed by atoms with Crippen molar-refractivity contribution in [1.82, 2.24) is 19.6 Å². The molecule has 0 bridgehead atoms. The molecule has 2 aromatic heterocycles. The lowest BCUT2D eigenvalue weighted by molar-refractivity contribution is 0.0402. The molecule has 10 heteroatoms. The van der Waals surface area contributed by atoms with Gasteiger partial charge in [0, 0.05) is 18.4 Å². The van der Waals surface area contributed by atoms with Crippen molar-refractivity contribution >= 4 is 17.9 Å². The van der Waals surface area contributed by atoms with E-state index in [4.69, 9.17) is 14.2 Å². The second-order valence-electron chi connectivity index (χ2n) is 11.0. The number of benzene rings is 3. The predicted octanol–water partition coefficient (Wildman–Crippen LogP) is 6.75. The molecule has 0 spiro atoms. The highest BCUT2D eigenvalue weighted by atomic mass is 16.5. The molecule has 5 aromatic rings. The molecule has 0 saturated carbocycles. The summed E-state index contributed by atoms with van der Waals surface area (Å²) < 4.78 is 20.2. The Bertz CT molecular complexity index is 1720. The summed E-state index contributed by atoms with van der Waals surface area (Å²) in [5.74, 6) is -2.55. The van der Waals surface area contributed by atoms with Gasteiger partial charge in [-0.2, -0.15) is 10.2 Å². The summed E-state index contributed by atoms with van der Waals surface area (Å²) >= 11 is 0. The van der Waals surface area contributed by atoms with E-state index in [1.807, 2.05) is 122 Å². The van der Waals surface area contributed by atoms with Gasteiger partial charge in [0.1, 0.15) is 25.4 Å². The lowest BCUT2D eigenvalue weighted by atomic mass is 10.1. The van der Waals surface area contributed by atoms with Crippen LogP contribution in [0.25, 0.3) is 0 Å². The van der Waals surface area contributed by atoms with E-state index in [9.17, 15) is 14.4 Å². The number of carbonyl (C=O) groups excluding carboxylic acids is 3. The first-order valence-corrected chi connectivity index (χ1v) is 15.2. The molecule has 46 heavy (non-hydrogen) atoms. The van der Waals surface area contributed by atoms with Gasteiger partial charge in [0.2, 0.25) is 0 Å². The maximum Gasteiger partial charge on any atom is 0.360 e. The molecule has 0 N–H and O–H groups in total. The Morgan fingerprint density at radius 3 is 1.61 bits per heavy atom. The molecule has 236 valence electrons. The van der Waals surface area contributed by atoms with E-state index >= 15 is 0 Å². The van der Waals surface area contributed by atoms with Crippen LogP contribution >= 0.6 is 0 Å². The van der Waals surface area contributed by atoms with Crippen molar-refractivity contribution in [3.05, 3.63) is 143 Å². The lowest BCUT2D eigenvalue weighted by Crippen LogP contribution is -2.21. The first-order valence-electron chi connectivity index (χ1n) is 15.2. The Kier molecular flexibility index (Phi) is 10.7. The monoisotopic (exact) mass is 620 g/mol. The Balaban J connectivity index is 1.49. The number of hydrogen-bond donors (Lipinski definition) is 0. The highest BCUT2D eigenvalue weighted by Gasteiger charge is 2.36. The molecule has 10 nitrogen and oxygen atoms in total. The van der Waals surface area contributed by atoms with Crippen LogP contribution in [0.15, 0.2) is 109 Å². The summed E-state index contributed by atoms with van der Waals surface area (Å²) in [4.78, 5) is 41.2. The number of nitrogens with zero attached hydrogens (tertiary/aromatic N) is 4. The molecule has 0 aliphatic rings. The number of carbonyl (C=O) groups is 3. The number of aromatic nitrogens is 4. The van der Waals surface area contributed by atoms with Crippen LogP contribution in [0.5, 0.6) is 0 Å². The van der Waals surface area contributed by atoms with Crippen molar-refractivity contribution in [3.8, 4) is 0 Å². The average molecular weight is 621 g/mol. The van der Waals surface area contributed by atoms with Crippen molar-refractivity contribution in [2.24, 2.45) is 0 Å². The average Bonchev–Trinajstić information content (AvgIpc) is 3.78. The Labute approximate surface area is 267 Å². The van der Waals surface area contributed by atoms with Crippen molar-refractivity contribution in [2.45, 2.75) is 58.6 Å². The lowest BCUT2D eigenvalue weighted by Gasteiger charge is -2.18. The Hall–Kier alpha value is -5.51. The summed E-state index contributed by atoms with van der Waals surface area (Å²) in [5.41, 5.74) is 1.49. The number of esters is 3. The number of hydrogen-bond acceptors (Lipinski definition) is 8. The van der Waals surface area contributed by atoms with Gasteiger partial charge in [-0.15, -0.1) is 0 Å². The second kappa shape index (κ2) is 15.5. The number of ether oxygens (including phenoxy) is 3. The summed E-state index contributed by atoms with van der Waals surface area (Å²) in [7, 11) is 0. The second-order valence-corrected chi connectivity index (χ2v) is 11.0. The zero-order chi connectivity index (χ0) is 32.3. The standard InChI is InChI=1S/C36H36N4O6/c1-26(39-22-12-21-37-39)19-20-27(2)40-33(36(43)46-25-30-17-10-5-11-18-30)31(34(41)44-23-28-13-6-3-7-14-28)32(38-40)35(42)45-24-29-15-8-4-9-16-29/h3-18,21-22,26-27H,19-20,23-25H2,1-2H3. The van der Waals surface area contributed by atoms with Gasteiger partial charge in [-0.1, -0.05) is 91.0 Å². The van der Waals surface area contributed by atoms with Crippen molar-refractivity contribution in [2.75, 3.05) is 0 Å². The predicted molar refractivity (Wildman–Crippen MR) is 170 cm³/mol. The zero-order valence-electron chi connectivity index (χ0n) is 25.8. The Morgan fingerprint density at radius 2 is 1.11 bits per heavy atom. The van der Waals surface area contributed by atoms with Gasteiger partial charge in [-0.05, 0) is 49.4 Å². The maximum absolute atomic E-state index is 13.8. The normalized spacial score (nSPS) is 12.2. The molecule has 2 unspecified atom stereocenters. The number of rotatable bonds is 14. The highest BCUT2D eigenvalue weighted by Crippen LogP contribution is 2.27. The topological polar surface area (TPSA) is 115 Å². The molecular formula is C36H36N4O6. The minimum absolute atomic E-state index is 0.0398. The van der Waals surface area contributed by atoms with E-state index in [0.717, 1.165) is 16.7 Å². The van der Waals surface area contributed by atoms with E-state index in [0.29, 0.717) is 12.8 Å². The Morgan fingerprint density at radius 1 is 0.630 bits per heavy atom. The smallest absolute Gasteiger partial charge is 0.360 e. The molecule has 0 aliphatic carbocycles. The van der Waals surface area contributed by atoms with Crippen LogP contribution in [0.2, 0.25) is 0 Å². The van der Waals surface area contributed by atoms with Gasteiger partial charge in [0.15, 0.2) is 11.4 Å². The summed E-state index contributed by atoms with van der Waals surface area (Å²) in [6.45, 7) is 3.75. The molecule has 5 rings (SSSR count). The molecule has 3 aromatic carbocycles. The van der Waals surface area contributed by atoms with Crippen molar-refractivity contribution < 1.29 is 28.6 Å². The molecular weight excluding hydrogens is 584 g/mol. The summed E-state index contributed by atoms with van der Waals surface area (Å²) in [6, 6.07) is 29.0. The highest BCUT2D eigenvalue weighted by molar-refractivity contribution is 6.09. The molecule has 0 fully saturated rings. The fraction of sp³-hybridized carbons (Fsp3) is 0.250. The van der Waals surface area contributed by atoms with Crippen molar-refractivity contribution in [1.29, 1.82) is 0 Å². The van der Waals surface area contributed by atoms with Crippen LogP contribution in [-0.2, 0) is 34.0 Å². The SMILES string of the molecule is CC(CCC(C)n1nc(C(=O)OCc2ccccc2)c(C(=O)OCc2ccccc2)c1C(=O)OCc1ccccc1)n1cccn1. The molecule has 0 amide bonds. The zero-order valence-corrected chi connectivity index (χ0v) is 25.8. The third-order valence-electron chi connectivity index (χ3n) is 7.54. The summed E-state index contributed by atoms with van der Waals surface area (Å²) in [5, 5.41) is 8.85. The molecule has 0 saturated heterocycles. The first-order chi connectivity index (χ1) is 22.4. The van der Waals surface area contributed by atoms with Crippen LogP contribution < -0.4 is 0 Å². The van der Waals surface area contributed by atoms with Gasteiger partial charge >= 0.3 is 17.9 Å². The maximum atomic E-state index is 13.8. The van der Waals surface area contributed by atoms with E-state index in [2.05, 4.69) is 10.2 Å². The quantitative estimate of drug-likeness (QED) is 0.0989. The fourth-order valence-electron chi connectivity index (χ4n) is 4.94. The molecule has 2 heterocycles. The first kappa shape index (κ1) is 31.9. The van der Waals surface area contributed by atoms with Crippen molar-refractivity contribution in [3.63, 3.8) is 0 Å². The molecule has 0 aliphatic heterocycles. The van der Waals surface area contributed by atoms with E-state index in [-0.39, 0.29) is 42.8 Å². The van der Waals surface area contributed by atoms with Crippen LogP contribution in [0.4, 0.5) is 0 Å². The molecule has 0 radical (unpaired) electrons. The largest absolute Gasteiger partial charge is 0.457 e. The van der Waals surface area contributed by atoms with Crippen LogP contribution in [0, 0.1) is 0 Å². The summed E-state index contributed by atoms with van der Waals surface area (Å²) in [6.07, 6.45) is 4.84. The fourth-order valence-corrected chi connectivity index (χ4v) is 4.94. The minimum Gasteiger partial charge on any atom is -0.457 e. The van der Waals surface area contributed by atoms with E-state index < -0.39 is 23.9 Å². The minimum atomic E-state index is -0.884. The van der Waals surface area contributed by atoms with Crippen LogP contribution in [0.3, 0.4) is 0 Å². The van der Waals surface area contributed by atoms with Crippen LogP contribution in [0.1, 0.15) is 86.8 Å². The van der Waals surface area contributed by atoms with Gasteiger partial charge in [-0.25, -0.2) is 14.4 Å². The van der Waals surface area contributed by atoms with E-state index in [1.165, 1.54) is 4.68 Å². The van der Waals surface area contributed by atoms with Gasteiger partial charge in [-0.3, -0.25) is 9.36 Å². The van der Waals surface area contributed by atoms with E-state index in [1.54, 1.807) is 6.20 Å². The van der Waals surface area contributed by atoms with Gasteiger partial charge in [0.05, 0.1) is 6.04 Å².